The predicted octanol–water partition coefficient (Wildman–Crippen LogP) is 2.26. The molecule has 0 unspecified atom stereocenters. The Balaban J connectivity index is 1.81. The molecule has 0 atom stereocenters. The molecule has 0 radical (unpaired) electrons. The van der Waals surface area contributed by atoms with Crippen LogP contribution in [0.1, 0.15) is 5.56 Å². The minimum atomic E-state index is -0.493. The fourth-order valence-electron chi connectivity index (χ4n) is 1.83. The number of hydrogen-bond acceptors (Lipinski definition) is 2. The smallest absolute Gasteiger partial charge is 0.243 e. The van der Waals surface area contributed by atoms with E-state index < -0.39 is 23.4 Å². The quantitative estimate of drug-likeness (QED) is 0.890. The van der Waals surface area contributed by atoms with Crippen LogP contribution in [-0.2, 0) is 16.0 Å². The average Bonchev–Trinajstić information content (AvgIpc) is 2.48. The number of hydrogen-bond donors (Lipinski definition) is 2. The first-order chi connectivity index (χ1) is 10.5. The van der Waals surface area contributed by atoms with Gasteiger partial charge in [0, 0.05) is 5.69 Å². The molecule has 2 amide bonds. The summed E-state index contributed by atoms with van der Waals surface area (Å²) < 4.78 is 26.3. The second-order valence-electron chi connectivity index (χ2n) is 4.60. The van der Waals surface area contributed by atoms with E-state index in [0.717, 1.165) is 0 Å². The van der Waals surface area contributed by atoms with E-state index in [0.29, 0.717) is 5.69 Å². The predicted molar refractivity (Wildman–Crippen MR) is 78.1 cm³/mol. The van der Waals surface area contributed by atoms with Crippen LogP contribution in [0.4, 0.5) is 14.5 Å². The third kappa shape index (κ3) is 4.66. The molecule has 0 saturated carbocycles. The van der Waals surface area contributed by atoms with E-state index in [1.54, 1.807) is 6.07 Å². The van der Waals surface area contributed by atoms with Crippen molar-refractivity contribution in [1.82, 2.24) is 5.32 Å². The number of nitrogens with one attached hydrogen (secondary N) is 2. The van der Waals surface area contributed by atoms with E-state index in [1.807, 2.05) is 0 Å². The van der Waals surface area contributed by atoms with Gasteiger partial charge in [0.2, 0.25) is 11.8 Å². The van der Waals surface area contributed by atoms with E-state index in [2.05, 4.69) is 10.6 Å². The Morgan fingerprint density at radius 1 is 0.955 bits per heavy atom. The molecule has 0 heterocycles. The molecule has 6 heteroatoms. The van der Waals surface area contributed by atoms with Crippen LogP contribution in [0.3, 0.4) is 0 Å². The molecule has 0 saturated heterocycles. The molecule has 0 spiro atoms. The number of rotatable bonds is 5. The van der Waals surface area contributed by atoms with Gasteiger partial charge in [0.1, 0.15) is 11.6 Å². The summed E-state index contributed by atoms with van der Waals surface area (Å²) in [6, 6.07) is 11.3. The van der Waals surface area contributed by atoms with E-state index in [9.17, 15) is 18.4 Å². The lowest BCUT2D eigenvalue weighted by Crippen LogP contribution is -2.33. The van der Waals surface area contributed by atoms with Crippen molar-refractivity contribution < 1.29 is 18.4 Å². The second-order valence-corrected chi connectivity index (χ2v) is 4.60. The zero-order valence-electron chi connectivity index (χ0n) is 11.6. The van der Waals surface area contributed by atoms with Gasteiger partial charge in [0.15, 0.2) is 0 Å². The lowest BCUT2D eigenvalue weighted by atomic mass is 10.1. The highest BCUT2D eigenvalue weighted by Crippen LogP contribution is 2.09. The zero-order valence-corrected chi connectivity index (χ0v) is 11.6. The van der Waals surface area contributed by atoms with Crippen molar-refractivity contribution in [1.29, 1.82) is 0 Å². The Morgan fingerprint density at radius 2 is 1.73 bits per heavy atom. The molecule has 0 fully saturated rings. The number of carbonyl (C=O) groups is 2. The summed E-state index contributed by atoms with van der Waals surface area (Å²) in [5, 5.41) is 4.83. The van der Waals surface area contributed by atoms with Crippen LogP contribution in [-0.4, -0.2) is 18.4 Å². The minimum Gasteiger partial charge on any atom is -0.347 e. The maximum absolute atomic E-state index is 13.4. The van der Waals surface area contributed by atoms with Crippen LogP contribution in [0.5, 0.6) is 0 Å². The van der Waals surface area contributed by atoms with Gasteiger partial charge in [0.05, 0.1) is 13.0 Å². The van der Waals surface area contributed by atoms with Crippen molar-refractivity contribution in [2.45, 2.75) is 6.42 Å². The van der Waals surface area contributed by atoms with Gasteiger partial charge in [-0.3, -0.25) is 9.59 Å². The molecule has 2 N–H and O–H groups in total. The largest absolute Gasteiger partial charge is 0.347 e. The van der Waals surface area contributed by atoms with Gasteiger partial charge in [0.25, 0.3) is 0 Å². The maximum atomic E-state index is 13.4. The zero-order chi connectivity index (χ0) is 15.9. The summed E-state index contributed by atoms with van der Waals surface area (Å²) in [7, 11) is 0. The number of halogens is 2. The number of benzene rings is 2. The maximum Gasteiger partial charge on any atom is 0.243 e. The Morgan fingerprint density at radius 3 is 2.45 bits per heavy atom. The Kier molecular flexibility index (Phi) is 5.19. The molecule has 114 valence electrons. The summed E-state index contributed by atoms with van der Waals surface area (Å²) in [6.45, 7) is -0.274. The molecular weight excluding hydrogens is 290 g/mol. The third-order valence-electron chi connectivity index (χ3n) is 2.86. The van der Waals surface area contributed by atoms with E-state index in [4.69, 9.17) is 0 Å². The molecule has 0 aliphatic rings. The Bertz CT molecular complexity index is 689. The molecule has 4 nitrogen and oxygen atoms in total. The number of amides is 2. The molecule has 2 aromatic carbocycles. The molecule has 0 aliphatic carbocycles. The van der Waals surface area contributed by atoms with Crippen molar-refractivity contribution in [2.75, 3.05) is 11.9 Å². The summed E-state index contributed by atoms with van der Waals surface area (Å²) in [5.74, 6) is -1.91. The van der Waals surface area contributed by atoms with Gasteiger partial charge in [-0.15, -0.1) is 0 Å². The molecular formula is C16H14F2N2O2. The topological polar surface area (TPSA) is 58.2 Å². The minimum absolute atomic E-state index is 0.153. The highest BCUT2D eigenvalue weighted by Gasteiger charge is 2.09. The van der Waals surface area contributed by atoms with Gasteiger partial charge >= 0.3 is 0 Å². The van der Waals surface area contributed by atoms with Gasteiger partial charge in [-0.25, -0.2) is 8.78 Å². The molecule has 0 aromatic heterocycles. The molecule has 0 aliphatic heterocycles. The standard InChI is InChI=1S/C16H14F2N2O2/c17-12-5-3-6-13(9-12)20-16(22)10-19-15(21)8-11-4-1-2-7-14(11)18/h1-7,9H,8,10H2,(H,19,21)(H,20,22). The highest BCUT2D eigenvalue weighted by atomic mass is 19.1. The van der Waals surface area contributed by atoms with Crippen LogP contribution in [0, 0.1) is 11.6 Å². The highest BCUT2D eigenvalue weighted by molar-refractivity contribution is 5.94. The fourth-order valence-corrected chi connectivity index (χ4v) is 1.83. The normalized spacial score (nSPS) is 10.1. The second kappa shape index (κ2) is 7.31. The summed E-state index contributed by atoms with van der Waals surface area (Å²) >= 11 is 0. The van der Waals surface area contributed by atoms with Crippen molar-refractivity contribution in [3.8, 4) is 0 Å². The van der Waals surface area contributed by atoms with E-state index in [-0.39, 0.29) is 18.5 Å². The lowest BCUT2D eigenvalue weighted by Gasteiger charge is -2.07. The average molecular weight is 304 g/mol. The Hall–Kier alpha value is -2.76. The van der Waals surface area contributed by atoms with Crippen molar-refractivity contribution in [3.05, 3.63) is 65.7 Å². The number of anilines is 1. The number of carbonyl (C=O) groups excluding carboxylic acids is 2. The van der Waals surface area contributed by atoms with E-state index in [1.165, 1.54) is 42.5 Å². The monoisotopic (exact) mass is 304 g/mol. The molecule has 2 aromatic rings. The van der Waals surface area contributed by atoms with Crippen LogP contribution in [0.15, 0.2) is 48.5 Å². The van der Waals surface area contributed by atoms with Crippen LogP contribution in [0.2, 0.25) is 0 Å². The summed E-state index contributed by atoms with van der Waals surface area (Å²) in [6.07, 6.45) is -0.153. The van der Waals surface area contributed by atoms with E-state index >= 15 is 0 Å². The van der Waals surface area contributed by atoms with Crippen molar-refractivity contribution in [2.24, 2.45) is 0 Å². The molecule has 2 rings (SSSR count). The first-order valence-electron chi connectivity index (χ1n) is 6.60. The van der Waals surface area contributed by atoms with Crippen LogP contribution in [0.25, 0.3) is 0 Å². The summed E-state index contributed by atoms with van der Waals surface area (Å²) in [4.78, 5) is 23.3. The van der Waals surface area contributed by atoms with Crippen molar-refractivity contribution in [3.63, 3.8) is 0 Å². The fraction of sp³-hybridized carbons (Fsp3) is 0.125. The van der Waals surface area contributed by atoms with Gasteiger partial charge in [-0.1, -0.05) is 24.3 Å². The molecule has 0 bridgehead atoms. The van der Waals surface area contributed by atoms with Gasteiger partial charge < -0.3 is 10.6 Å². The first kappa shape index (κ1) is 15.6. The van der Waals surface area contributed by atoms with Crippen LogP contribution < -0.4 is 10.6 Å². The SMILES string of the molecule is O=C(Cc1ccccc1F)NCC(=O)Nc1cccc(F)c1. The Labute approximate surface area is 126 Å². The molecule has 22 heavy (non-hydrogen) atoms. The van der Waals surface area contributed by atoms with Gasteiger partial charge in [-0.2, -0.15) is 0 Å². The van der Waals surface area contributed by atoms with Gasteiger partial charge in [-0.05, 0) is 29.8 Å². The third-order valence-corrected chi connectivity index (χ3v) is 2.86. The van der Waals surface area contributed by atoms with Crippen molar-refractivity contribution >= 4 is 17.5 Å². The summed E-state index contributed by atoms with van der Waals surface area (Å²) in [5.41, 5.74) is 0.555. The first-order valence-corrected chi connectivity index (χ1v) is 6.60. The van der Waals surface area contributed by atoms with Crippen LogP contribution >= 0.6 is 0 Å². The lowest BCUT2D eigenvalue weighted by molar-refractivity contribution is -0.123.